The van der Waals surface area contributed by atoms with Gasteiger partial charge in [0, 0.05) is 19.3 Å². The number of hydrogen-bond donors (Lipinski definition) is 2. The number of carbonyl (C=O) groups excluding carboxylic acids is 1. The standard InChI is InChI=1S/C5H12O2.C4H6O2/c6-4-2-1-3-5-7;1-3-4(5)6-2/h6-7H,1-5H2;3H,1H2,2H3. The lowest BCUT2D eigenvalue weighted by Crippen LogP contribution is -1.91. The maximum absolute atomic E-state index is 9.84. The van der Waals surface area contributed by atoms with Crippen molar-refractivity contribution in [1.29, 1.82) is 0 Å². The Balaban J connectivity index is 0. The zero-order valence-electron chi connectivity index (χ0n) is 8.03. The molecule has 0 heterocycles. The second kappa shape index (κ2) is 13.7. The van der Waals surface area contributed by atoms with Crippen molar-refractivity contribution < 1.29 is 19.7 Å². The van der Waals surface area contributed by atoms with Gasteiger partial charge in [-0.15, -0.1) is 0 Å². The largest absolute Gasteiger partial charge is 0.466 e. The molecule has 0 amide bonds. The van der Waals surface area contributed by atoms with Crippen molar-refractivity contribution in [2.75, 3.05) is 20.3 Å². The molecular formula is C9H18O4. The summed E-state index contributed by atoms with van der Waals surface area (Å²) in [6.45, 7) is 3.66. The first kappa shape index (κ1) is 14.6. The van der Waals surface area contributed by atoms with Gasteiger partial charge < -0.3 is 14.9 Å². The zero-order chi connectivity index (χ0) is 10.5. The molecular weight excluding hydrogens is 172 g/mol. The molecule has 0 aliphatic heterocycles. The fraction of sp³-hybridized carbons (Fsp3) is 0.667. The molecule has 0 unspecified atom stereocenters. The number of aliphatic hydroxyl groups is 2. The lowest BCUT2D eigenvalue weighted by molar-refractivity contribution is -0.134. The van der Waals surface area contributed by atoms with Crippen LogP contribution in [0.15, 0.2) is 12.7 Å². The van der Waals surface area contributed by atoms with Crippen LogP contribution in [0.25, 0.3) is 0 Å². The average Bonchev–Trinajstić information content (AvgIpc) is 2.18. The van der Waals surface area contributed by atoms with Crippen molar-refractivity contribution in [2.24, 2.45) is 0 Å². The number of aliphatic hydroxyl groups excluding tert-OH is 2. The first-order valence-corrected chi connectivity index (χ1v) is 4.15. The molecule has 0 saturated carbocycles. The van der Waals surface area contributed by atoms with Gasteiger partial charge in [0.05, 0.1) is 7.11 Å². The van der Waals surface area contributed by atoms with E-state index < -0.39 is 5.97 Å². The summed E-state index contributed by atoms with van der Waals surface area (Å²) in [7, 11) is 1.31. The highest BCUT2D eigenvalue weighted by molar-refractivity contribution is 5.80. The van der Waals surface area contributed by atoms with Crippen molar-refractivity contribution in [1.82, 2.24) is 0 Å². The van der Waals surface area contributed by atoms with E-state index in [-0.39, 0.29) is 13.2 Å². The molecule has 13 heavy (non-hydrogen) atoms. The molecule has 0 aliphatic rings. The number of esters is 1. The summed E-state index contributed by atoms with van der Waals surface area (Å²) in [4.78, 5) is 9.84. The molecule has 0 atom stereocenters. The van der Waals surface area contributed by atoms with E-state index in [9.17, 15) is 4.79 Å². The van der Waals surface area contributed by atoms with Gasteiger partial charge in [-0.05, 0) is 19.3 Å². The monoisotopic (exact) mass is 190 g/mol. The van der Waals surface area contributed by atoms with Crippen LogP contribution in [0.1, 0.15) is 19.3 Å². The summed E-state index contributed by atoms with van der Waals surface area (Å²) < 4.78 is 4.14. The average molecular weight is 190 g/mol. The molecule has 4 heteroatoms. The van der Waals surface area contributed by atoms with Crippen LogP contribution < -0.4 is 0 Å². The lowest BCUT2D eigenvalue weighted by atomic mass is 10.2. The van der Waals surface area contributed by atoms with Crippen molar-refractivity contribution >= 4 is 5.97 Å². The number of rotatable bonds is 5. The van der Waals surface area contributed by atoms with Crippen molar-refractivity contribution in [2.45, 2.75) is 19.3 Å². The quantitative estimate of drug-likeness (QED) is 0.376. The minimum absolute atomic E-state index is 0.250. The number of unbranched alkanes of at least 4 members (excludes halogenated alkanes) is 2. The Morgan fingerprint density at radius 1 is 1.31 bits per heavy atom. The van der Waals surface area contributed by atoms with E-state index >= 15 is 0 Å². The van der Waals surface area contributed by atoms with Gasteiger partial charge in [0.1, 0.15) is 0 Å². The molecule has 0 aromatic carbocycles. The SMILES string of the molecule is C=CC(=O)OC.OCCCCCO. The molecule has 0 aromatic rings. The van der Waals surface area contributed by atoms with E-state index in [1.54, 1.807) is 0 Å². The van der Waals surface area contributed by atoms with Crippen molar-refractivity contribution in [3.05, 3.63) is 12.7 Å². The normalized spacial score (nSPS) is 8.23. The minimum Gasteiger partial charge on any atom is -0.466 e. The molecule has 0 spiro atoms. The maximum Gasteiger partial charge on any atom is 0.329 e. The van der Waals surface area contributed by atoms with Crippen LogP contribution in [0.4, 0.5) is 0 Å². The third kappa shape index (κ3) is 18.2. The van der Waals surface area contributed by atoms with Gasteiger partial charge in [0.25, 0.3) is 0 Å². The van der Waals surface area contributed by atoms with Gasteiger partial charge in [0.15, 0.2) is 0 Å². The maximum atomic E-state index is 9.84. The first-order valence-electron chi connectivity index (χ1n) is 4.15. The van der Waals surface area contributed by atoms with Crippen LogP contribution in [0.3, 0.4) is 0 Å². The molecule has 4 nitrogen and oxygen atoms in total. The van der Waals surface area contributed by atoms with Crippen LogP contribution in [-0.2, 0) is 9.53 Å². The molecule has 0 rings (SSSR count). The Labute approximate surface area is 78.8 Å². The van der Waals surface area contributed by atoms with E-state index in [0.717, 1.165) is 25.3 Å². The summed E-state index contributed by atoms with van der Waals surface area (Å²) in [5.41, 5.74) is 0. The Kier molecular flexibility index (Phi) is 15.4. The summed E-state index contributed by atoms with van der Waals surface area (Å²) >= 11 is 0. The number of ether oxygens (including phenoxy) is 1. The minimum atomic E-state index is -0.394. The third-order valence-corrected chi connectivity index (χ3v) is 1.18. The van der Waals surface area contributed by atoms with Crippen molar-refractivity contribution in [3.63, 3.8) is 0 Å². The van der Waals surface area contributed by atoms with Crippen LogP contribution in [0, 0.1) is 0 Å². The van der Waals surface area contributed by atoms with Gasteiger partial charge in [-0.25, -0.2) is 4.79 Å². The van der Waals surface area contributed by atoms with Gasteiger partial charge in [0.2, 0.25) is 0 Å². The fourth-order valence-electron chi connectivity index (χ4n) is 0.484. The van der Waals surface area contributed by atoms with Crippen LogP contribution in [-0.4, -0.2) is 36.5 Å². The lowest BCUT2D eigenvalue weighted by Gasteiger charge is -1.90. The first-order chi connectivity index (χ1) is 6.22. The molecule has 2 N–H and O–H groups in total. The smallest absolute Gasteiger partial charge is 0.329 e. The highest BCUT2D eigenvalue weighted by Gasteiger charge is 1.82. The molecule has 0 aromatic heterocycles. The highest BCUT2D eigenvalue weighted by atomic mass is 16.5. The molecule has 0 aliphatic carbocycles. The van der Waals surface area contributed by atoms with Crippen LogP contribution in [0.5, 0.6) is 0 Å². The predicted molar refractivity (Wildman–Crippen MR) is 50.2 cm³/mol. The van der Waals surface area contributed by atoms with Gasteiger partial charge in [-0.3, -0.25) is 0 Å². The van der Waals surface area contributed by atoms with Gasteiger partial charge >= 0.3 is 5.97 Å². The molecule has 0 bridgehead atoms. The second-order valence-corrected chi connectivity index (χ2v) is 2.24. The summed E-state index contributed by atoms with van der Waals surface area (Å²) in [5.74, 6) is -0.394. The summed E-state index contributed by atoms with van der Waals surface area (Å²) in [6, 6.07) is 0. The Bertz CT molecular complexity index is 119. The predicted octanol–water partition coefficient (Wildman–Crippen LogP) is 0.487. The zero-order valence-corrected chi connectivity index (χ0v) is 8.03. The summed E-state index contributed by atoms with van der Waals surface area (Å²) in [5, 5.41) is 16.4. The van der Waals surface area contributed by atoms with Crippen molar-refractivity contribution in [3.8, 4) is 0 Å². The highest BCUT2D eigenvalue weighted by Crippen LogP contribution is 1.90. The Hall–Kier alpha value is -0.870. The van der Waals surface area contributed by atoms with E-state index in [2.05, 4.69) is 11.3 Å². The summed E-state index contributed by atoms with van der Waals surface area (Å²) in [6.07, 6.45) is 3.69. The third-order valence-electron chi connectivity index (χ3n) is 1.18. The molecule has 0 radical (unpaired) electrons. The van der Waals surface area contributed by atoms with E-state index in [1.807, 2.05) is 0 Å². The van der Waals surface area contributed by atoms with E-state index in [0.29, 0.717) is 0 Å². The topological polar surface area (TPSA) is 66.8 Å². The van der Waals surface area contributed by atoms with Gasteiger partial charge in [-0.2, -0.15) is 0 Å². The molecule has 0 saturated heterocycles. The molecule has 78 valence electrons. The van der Waals surface area contributed by atoms with Gasteiger partial charge in [-0.1, -0.05) is 6.58 Å². The van der Waals surface area contributed by atoms with Crippen LogP contribution in [0.2, 0.25) is 0 Å². The number of methoxy groups -OCH3 is 1. The Morgan fingerprint density at radius 3 is 1.92 bits per heavy atom. The second-order valence-electron chi connectivity index (χ2n) is 2.24. The van der Waals surface area contributed by atoms with Crippen LogP contribution >= 0.6 is 0 Å². The Morgan fingerprint density at radius 2 is 1.77 bits per heavy atom. The van der Waals surface area contributed by atoms with E-state index in [1.165, 1.54) is 7.11 Å². The fourth-order valence-corrected chi connectivity index (χ4v) is 0.484. The van der Waals surface area contributed by atoms with E-state index in [4.69, 9.17) is 10.2 Å². The number of carbonyl (C=O) groups is 1. The molecule has 0 fully saturated rings. The number of hydrogen-bond acceptors (Lipinski definition) is 4.